The number of ether oxygens (including phenoxy) is 1. The maximum Gasteiger partial charge on any atom is 0.254 e. The number of hydrogen-bond acceptors (Lipinski definition) is 4. The fourth-order valence-corrected chi connectivity index (χ4v) is 7.59. The van der Waals surface area contributed by atoms with Gasteiger partial charge in [-0.1, -0.05) is 0 Å². The quantitative estimate of drug-likeness (QED) is 0.776. The van der Waals surface area contributed by atoms with Crippen molar-refractivity contribution in [3.63, 3.8) is 0 Å². The number of hydrogen-bond donors (Lipinski definition) is 0. The third kappa shape index (κ3) is 3.41. The molecule has 6 rings (SSSR count). The van der Waals surface area contributed by atoms with Gasteiger partial charge in [0.1, 0.15) is 0 Å². The van der Waals surface area contributed by atoms with E-state index in [1.807, 2.05) is 0 Å². The first-order valence-electron chi connectivity index (χ1n) is 11.1. The molecular weight excluding hydrogens is 370 g/mol. The predicted octanol–water partition coefficient (Wildman–Crippen LogP) is 3.14. The smallest absolute Gasteiger partial charge is 0.254 e. The van der Waals surface area contributed by atoms with Gasteiger partial charge in [0, 0.05) is 36.8 Å². The lowest BCUT2D eigenvalue weighted by Crippen LogP contribution is -2.50. The summed E-state index contributed by atoms with van der Waals surface area (Å²) in [5.41, 5.74) is 1.12. The summed E-state index contributed by atoms with van der Waals surface area (Å²) < 4.78 is 7.75. The zero-order valence-electron chi connectivity index (χ0n) is 17.3. The van der Waals surface area contributed by atoms with Crippen molar-refractivity contribution in [2.24, 2.45) is 28.2 Å². The summed E-state index contributed by atoms with van der Waals surface area (Å²) >= 11 is 1.69. The van der Waals surface area contributed by atoms with Gasteiger partial charge in [0.25, 0.3) is 5.91 Å². The van der Waals surface area contributed by atoms with Crippen molar-refractivity contribution in [1.82, 2.24) is 9.47 Å². The normalized spacial score (nSPS) is 35.6. The predicted molar refractivity (Wildman–Crippen MR) is 110 cm³/mol. The van der Waals surface area contributed by atoms with Crippen molar-refractivity contribution in [3.8, 4) is 0 Å². The number of carbonyl (C=O) groups excluding carboxylic acids is 1. The van der Waals surface area contributed by atoms with Crippen LogP contribution in [0.25, 0.3) is 0 Å². The standard InChI is InChI=1S/C22H33N3O2S/c1-15-16(2)28-21(25(15)4-3-24-5-7-27-8-6-24)23-20(26)22-12-17-9-18(13-22)11-19(10-17)14-22/h17-19H,3-14H2,1-2H3/b23-21-. The third-order valence-electron chi connectivity index (χ3n) is 7.82. The molecule has 1 saturated heterocycles. The molecule has 1 aliphatic heterocycles. The van der Waals surface area contributed by atoms with Crippen LogP contribution < -0.4 is 4.80 Å². The Balaban J connectivity index is 1.38. The molecule has 2 heterocycles. The minimum absolute atomic E-state index is 0.136. The molecule has 0 N–H and O–H groups in total. The Morgan fingerprint density at radius 2 is 1.68 bits per heavy atom. The average Bonchev–Trinajstić information content (AvgIpc) is 2.93. The van der Waals surface area contributed by atoms with Crippen molar-refractivity contribution in [3.05, 3.63) is 15.4 Å². The van der Waals surface area contributed by atoms with Crippen LogP contribution in [0.1, 0.15) is 49.1 Å². The minimum atomic E-state index is -0.136. The Morgan fingerprint density at radius 1 is 1.07 bits per heavy atom. The highest BCUT2D eigenvalue weighted by Crippen LogP contribution is 2.60. The fraction of sp³-hybridized carbons (Fsp3) is 0.818. The van der Waals surface area contributed by atoms with Crippen molar-refractivity contribution >= 4 is 17.2 Å². The molecule has 0 spiro atoms. The van der Waals surface area contributed by atoms with Gasteiger partial charge >= 0.3 is 0 Å². The monoisotopic (exact) mass is 403 g/mol. The lowest BCUT2D eigenvalue weighted by molar-refractivity contribution is -0.142. The van der Waals surface area contributed by atoms with Gasteiger partial charge in [0.15, 0.2) is 4.80 Å². The molecular formula is C22H33N3O2S. The van der Waals surface area contributed by atoms with E-state index in [1.54, 1.807) is 11.3 Å². The summed E-state index contributed by atoms with van der Waals surface area (Å²) in [6.45, 7) is 9.88. The van der Waals surface area contributed by atoms with Gasteiger partial charge in [-0.3, -0.25) is 9.69 Å². The van der Waals surface area contributed by atoms with E-state index in [0.717, 1.165) is 81.2 Å². The molecule has 154 valence electrons. The van der Waals surface area contributed by atoms with E-state index in [9.17, 15) is 4.79 Å². The Morgan fingerprint density at radius 3 is 2.29 bits per heavy atom. The number of amides is 1. The number of aromatic nitrogens is 1. The zero-order chi connectivity index (χ0) is 19.3. The Kier molecular flexibility index (Phi) is 5.00. The summed E-state index contributed by atoms with van der Waals surface area (Å²) in [5.74, 6) is 2.54. The summed E-state index contributed by atoms with van der Waals surface area (Å²) in [6, 6.07) is 0. The number of aryl methyl sites for hydroxylation is 1. The second kappa shape index (κ2) is 7.37. The molecule has 4 bridgehead atoms. The summed E-state index contributed by atoms with van der Waals surface area (Å²) in [5, 5.41) is 0. The van der Waals surface area contributed by atoms with Crippen LogP contribution in [0.4, 0.5) is 0 Å². The first kappa shape index (κ1) is 19.0. The van der Waals surface area contributed by atoms with Crippen LogP contribution in [0.3, 0.4) is 0 Å². The molecule has 28 heavy (non-hydrogen) atoms. The largest absolute Gasteiger partial charge is 0.379 e. The van der Waals surface area contributed by atoms with Gasteiger partial charge < -0.3 is 9.30 Å². The first-order chi connectivity index (χ1) is 13.5. The summed E-state index contributed by atoms with van der Waals surface area (Å²) in [4.78, 5) is 22.9. The van der Waals surface area contributed by atoms with E-state index < -0.39 is 0 Å². The maximum absolute atomic E-state index is 13.4. The van der Waals surface area contributed by atoms with Gasteiger partial charge in [-0.2, -0.15) is 4.99 Å². The van der Waals surface area contributed by atoms with E-state index in [0.29, 0.717) is 0 Å². The van der Waals surface area contributed by atoms with Crippen LogP contribution in [0.15, 0.2) is 4.99 Å². The molecule has 1 amide bonds. The molecule has 5 aliphatic rings. The van der Waals surface area contributed by atoms with Gasteiger partial charge in [-0.25, -0.2) is 0 Å². The maximum atomic E-state index is 13.4. The average molecular weight is 404 g/mol. The number of carbonyl (C=O) groups is 1. The van der Waals surface area contributed by atoms with E-state index in [4.69, 9.17) is 9.73 Å². The molecule has 1 aromatic rings. The molecule has 0 aromatic carbocycles. The van der Waals surface area contributed by atoms with Crippen LogP contribution in [-0.4, -0.2) is 48.2 Å². The third-order valence-corrected chi connectivity index (χ3v) is 8.92. The fourth-order valence-electron chi connectivity index (χ4n) is 6.59. The molecule has 4 aliphatic carbocycles. The zero-order valence-corrected chi connectivity index (χ0v) is 18.1. The number of nitrogens with zero attached hydrogens (tertiary/aromatic N) is 3. The van der Waals surface area contributed by atoms with E-state index in [-0.39, 0.29) is 11.3 Å². The number of thiazole rings is 1. The lowest BCUT2D eigenvalue weighted by Gasteiger charge is -2.55. The Bertz CT molecular complexity index is 783. The summed E-state index contributed by atoms with van der Waals surface area (Å²) in [6.07, 6.45) is 7.38. The van der Waals surface area contributed by atoms with Crippen LogP contribution >= 0.6 is 11.3 Å². The van der Waals surface area contributed by atoms with E-state index >= 15 is 0 Å². The first-order valence-corrected chi connectivity index (χ1v) is 11.9. The minimum Gasteiger partial charge on any atom is -0.379 e. The second-order valence-corrected chi connectivity index (χ2v) is 10.9. The molecule has 6 heteroatoms. The Hall–Kier alpha value is -0.980. The van der Waals surface area contributed by atoms with Gasteiger partial charge in [0.05, 0.1) is 18.6 Å². The number of morpholine rings is 1. The molecule has 5 fully saturated rings. The van der Waals surface area contributed by atoms with Gasteiger partial charge in [-0.05, 0) is 70.1 Å². The van der Waals surface area contributed by atoms with E-state index in [2.05, 4.69) is 23.3 Å². The molecule has 0 unspecified atom stereocenters. The van der Waals surface area contributed by atoms with E-state index in [1.165, 1.54) is 29.8 Å². The van der Waals surface area contributed by atoms with Crippen LogP contribution in [0, 0.1) is 37.0 Å². The molecule has 5 nitrogen and oxygen atoms in total. The van der Waals surface area contributed by atoms with Gasteiger partial charge in [0.2, 0.25) is 0 Å². The molecule has 4 saturated carbocycles. The van der Waals surface area contributed by atoms with Crippen molar-refractivity contribution < 1.29 is 9.53 Å². The highest BCUT2D eigenvalue weighted by atomic mass is 32.1. The van der Waals surface area contributed by atoms with Crippen molar-refractivity contribution in [1.29, 1.82) is 0 Å². The van der Waals surface area contributed by atoms with Crippen LogP contribution in [-0.2, 0) is 16.1 Å². The summed E-state index contributed by atoms with van der Waals surface area (Å²) in [7, 11) is 0. The lowest BCUT2D eigenvalue weighted by atomic mass is 9.49. The highest BCUT2D eigenvalue weighted by molar-refractivity contribution is 7.09. The number of rotatable bonds is 4. The SMILES string of the molecule is Cc1s/c(=N\C(=O)C23CC4CC(CC(C4)C2)C3)n(CCN2CCOCC2)c1C. The van der Waals surface area contributed by atoms with Crippen LogP contribution in [0.5, 0.6) is 0 Å². The Labute approximate surface area is 171 Å². The molecule has 0 atom stereocenters. The van der Waals surface area contributed by atoms with Gasteiger partial charge in [-0.15, -0.1) is 11.3 Å². The van der Waals surface area contributed by atoms with Crippen molar-refractivity contribution in [2.45, 2.75) is 58.9 Å². The van der Waals surface area contributed by atoms with Crippen LogP contribution in [0.2, 0.25) is 0 Å². The molecule has 0 radical (unpaired) electrons. The topological polar surface area (TPSA) is 46.8 Å². The second-order valence-electron chi connectivity index (χ2n) is 9.75. The van der Waals surface area contributed by atoms with Crippen molar-refractivity contribution in [2.75, 3.05) is 32.8 Å². The molecule has 1 aromatic heterocycles. The highest BCUT2D eigenvalue weighted by Gasteiger charge is 2.54.